The fraction of sp³-hybridized carbons (Fsp3) is 0.588. The minimum Gasteiger partial charge on any atom is -0.497 e. The maximum Gasteiger partial charge on any atom is 0.410 e. The van der Waals surface area contributed by atoms with Gasteiger partial charge in [0.1, 0.15) is 11.9 Å². The molecule has 4 heteroatoms. The summed E-state index contributed by atoms with van der Waals surface area (Å²) >= 11 is 0. The molecule has 1 unspecified atom stereocenters. The lowest BCUT2D eigenvalue weighted by Crippen LogP contribution is -2.24. The smallest absolute Gasteiger partial charge is 0.410 e. The van der Waals surface area contributed by atoms with Gasteiger partial charge in [0.2, 0.25) is 0 Å². The molecule has 0 aliphatic carbocycles. The van der Waals surface area contributed by atoms with E-state index in [2.05, 4.69) is 0 Å². The Balaban J connectivity index is 0.000000921. The van der Waals surface area contributed by atoms with Crippen molar-refractivity contribution < 1.29 is 14.3 Å². The van der Waals surface area contributed by atoms with Crippen LogP contribution in [0.5, 0.6) is 5.75 Å². The molecular formula is C17H29NO3. The summed E-state index contributed by atoms with van der Waals surface area (Å²) < 4.78 is 10.3. The van der Waals surface area contributed by atoms with Gasteiger partial charge in [0, 0.05) is 6.54 Å². The number of hydrogen-bond donors (Lipinski definition) is 0. The third-order valence-corrected chi connectivity index (χ3v) is 2.94. The van der Waals surface area contributed by atoms with Crippen molar-refractivity contribution in [3.8, 4) is 5.75 Å². The molecule has 0 radical (unpaired) electrons. The first-order valence-corrected chi connectivity index (χ1v) is 7.81. The number of carbonyl (C=O) groups is 1. The Bertz CT molecular complexity index is 390. The Morgan fingerprint density at radius 1 is 1.19 bits per heavy atom. The molecule has 4 nitrogen and oxygen atoms in total. The summed E-state index contributed by atoms with van der Waals surface area (Å²) in [5.74, 6) is 0.823. The molecule has 2 rings (SSSR count). The van der Waals surface area contributed by atoms with Crippen molar-refractivity contribution in [3.63, 3.8) is 0 Å². The molecule has 1 aromatic rings. The number of ether oxygens (including phenoxy) is 2. The molecule has 1 saturated heterocycles. The highest BCUT2D eigenvalue weighted by atomic mass is 16.6. The topological polar surface area (TPSA) is 38.8 Å². The Labute approximate surface area is 129 Å². The lowest BCUT2D eigenvalue weighted by atomic mass is 10.2. The fourth-order valence-corrected chi connectivity index (χ4v) is 1.87. The monoisotopic (exact) mass is 295 g/mol. The van der Waals surface area contributed by atoms with E-state index in [1.165, 1.54) is 0 Å². The lowest BCUT2D eigenvalue weighted by Gasteiger charge is -2.12. The van der Waals surface area contributed by atoms with E-state index in [9.17, 15) is 4.79 Å². The van der Waals surface area contributed by atoms with Crippen LogP contribution in [0.1, 0.15) is 46.6 Å². The van der Waals surface area contributed by atoms with Crippen LogP contribution < -0.4 is 4.74 Å². The molecule has 0 aromatic heterocycles. The van der Waals surface area contributed by atoms with Gasteiger partial charge in [-0.25, -0.2) is 4.79 Å². The van der Waals surface area contributed by atoms with Gasteiger partial charge in [0.05, 0.1) is 13.7 Å². The molecule has 1 heterocycles. The molecule has 0 N–H and O–H groups in total. The van der Waals surface area contributed by atoms with Crippen LogP contribution >= 0.6 is 0 Å². The molecule has 1 aromatic carbocycles. The van der Waals surface area contributed by atoms with Gasteiger partial charge >= 0.3 is 6.09 Å². The first kappa shape index (κ1) is 19.3. The van der Waals surface area contributed by atoms with Crippen LogP contribution in [0, 0.1) is 0 Å². The highest BCUT2D eigenvalue weighted by molar-refractivity contribution is 5.69. The van der Waals surface area contributed by atoms with Crippen molar-refractivity contribution in [3.05, 3.63) is 29.8 Å². The number of amides is 1. The number of nitrogens with zero attached hydrogens (tertiary/aromatic N) is 1. The van der Waals surface area contributed by atoms with Gasteiger partial charge in [-0.1, -0.05) is 46.8 Å². The molecule has 0 saturated carbocycles. The molecular weight excluding hydrogens is 266 g/mol. The summed E-state index contributed by atoms with van der Waals surface area (Å²) in [6.45, 7) is 11.3. The van der Waals surface area contributed by atoms with E-state index in [1.54, 1.807) is 12.0 Å². The first-order chi connectivity index (χ1) is 10.2. The highest BCUT2D eigenvalue weighted by Gasteiger charge is 2.29. The van der Waals surface area contributed by atoms with Gasteiger partial charge in [0.25, 0.3) is 0 Å². The molecule has 21 heavy (non-hydrogen) atoms. The second-order valence-corrected chi connectivity index (χ2v) is 4.14. The minimum atomic E-state index is -0.215. The summed E-state index contributed by atoms with van der Waals surface area (Å²) in [7, 11) is 1.64. The van der Waals surface area contributed by atoms with Crippen LogP contribution in [0.4, 0.5) is 4.79 Å². The number of benzene rings is 1. The lowest BCUT2D eigenvalue weighted by molar-refractivity contribution is 0.130. The van der Waals surface area contributed by atoms with Crippen LogP contribution in [-0.4, -0.2) is 30.8 Å². The van der Waals surface area contributed by atoms with Gasteiger partial charge < -0.3 is 14.4 Å². The Morgan fingerprint density at radius 3 is 2.19 bits per heavy atom. The predicted molar refractivity (Wildman–Crippen MR) is 86.7 cm³/mol. The molecule has 0 bridgehead atoms. The van der Waals surface area contributed by atoms with Crippen LogP contribution in [0.15, 0.2) is 24.3 Å². The van der Waals surface area contributed by atoms with Crippen molar-refractivity contribution in [1.29, 1.82) is 0 Å². The van der Waals surface area contributed by atoms with E-state index in [0.29, 0.717) is 13.1 Å². The number of methoxy groups -OCH3 is 1. The van der Waals surface area contributed by atoms with Crippen LogP contribution in [0.2, 0.25) is 0 Å². The van der Waals surface area contributed by atoms with E-state index < -0.39 is 0 Å². The van der Waals surface area contributed by atoms with Crippen molar-refractivity contribution >= 4 is 6.09 Å². The zero-order chi connectivity index (χ0) is 16.3. The number of carbonyl (C=O) groups excluding carboxylic acids is 1. The second kappa shape index (κ2) is 11.0. The maximum atomic E-state index is 11.6. The van der Waals surface area contributed by atoms with E-state index in [1.807, 2.05) is 58.9 Å². The number of cyclic esters (lactones) is 1. The molecule has 1 aliphatic heterocycles. The van der Waals surface area contributed by atoms with Crippen LogP contribution in [0.25, 0.3) is 0 Å². The second-order valence-electron chi connectivity index (χ2n) is 4.14. The van der Waals surface area contributed by atoms with Crippen molar-refractivity contribution in [2.75, 3.05) is 13.7 Å². The average Bonchev–Trinajstić information content (AvgIpc) is 2.92. The number of rotatable bonds is 4. The predicted octanol–water partition coefficient (Wildman–Crippen LogP) is 4.48. The van der Waals surface area contributed by atoms with Gasteiger partial charge in [0.15, 0.2) is 0 Å². The Morgan fingerprint density at radius 2 is 1.76 bits per heavy atom. The molecule has 120 valence electrons. The van der Waals surface area contributed by atoms with E-state index in [-0.39, 0.29) is 12.2 Å². The highest BCUT2D eigenvalue weighted by Crippen LogP contribution is 2.18. The summed E-state index contributed by atoms with van der Waals surface area (Å²) in [5, 5.41) is 0. The molecule has 1 atom stereocenters. The van der Waals surface area contributed by atoms with Gasteiger partial charge in [-0.15, -0.1) is 0 Å². The normalized spacial score (nSPS) is 16.2. The Kier molecular flexibility index (Phi) is 10.1. The van der Waals surface area contributed by atoms with Crippen molar-refractivity contribution in [1.82, 2.24) is 4.90 Å². The SMILES string of the molecule is CC.CC.CCC1CN(Cc2ccc(OC)cc2)C(=O)O1. The van der Waals surface area contributed by atoms with Gasteiger partial charge in [-0.05, 0) is 24.1 Å². The molecule has 0 spiro atoms. The molecule has 1 aliphatic rings. The van der Waals surface area contributed by atoms with Gasteiger partial charge in [-0.3, -0.25) is 0 Å². The third kappa shape index (κ3) is 6.06. The minimum absolute atomic E-state index is 0.0424. The van der Waals surface area contributed by atoms with Crippen LogP contribution in [-0.2, 0) is 11.3 Å². The zero-order valence-corrected chi connectivity index (χ0v) is 14.2. The summed E-state index contributed by atoms with van der Waals surface area (Å²) in [6.07, 6.45) is 0.693. The third-order valence-electron chi connectivity index (χ3n) is 2.94. The average molecular weight is 295 g/mol. The van der Waals surface area contributed by atoms with E-state index in [0.717, 1.165) is 17.7 Å². The van der Waals surface area contributed by atoms with Gasteiger partial charge in [-0.2, -0.15) is 0 Å². The zero-order valence-electron chi connectivity index (χ0n) is 14.2. The van der Waals surface area contributed by atoms with Crippen molar-refractivity contribution in [2.45, 2.75) is 53.7 Å². The quantitative estimate of drug-likeness (QED) is 0.822. The summed E-state index contributed by atoms with van der Waals surface area (Å²) in [6, 6.07) is 7.72. The summed E-state index contributed by atoms with van der Waals surface area (Å²) in [4.78, 5) is 13.3. The standard InChI is InChI=1S/C13H17NO3.2C2H6/c1-3-11-9-14(13(15)17-11)8-10-4-6-12(16-2)7-5-10;2*1-2/h4-7,11H,3,8-9H2,1-2H3;2*1-2H3. The fourth-order valence-electron chi connectivity index (χ4n) is 1.87. The van der Waals surface area contributed by atoms with E-state index in [4.69, 9.17) is 9.47 Å². The molecule has 1 amide bonds. The van der Waals surface area contributed by atoms with E-state index >= 15 is 0 Å². The van der Waals surface area contributed by atoms with Crippen molar-refractivity contribution in [2.24, 2.45) is 0 Å². The van der Waals surface area contributed by atoms with Crippen LogP contribution in [0.3, 0.4) is 0 Å². The first-order valence-electron chi connectivity index (χ1n) is 7.81. The summed E-state index contributed by atoms with van der Waals surface area (Å²) in [5.41, 5.74) is 1.08. The number of hydrogen-bond acceptors (Lipinski definition) is 3. The molecule has 1 fully saturated rings. The Hall–Kier alpha value is -1.71. The maximum absolute atomic E-state index is 11.6. The largest absolute Gasteiger partial charge is 0.497 e.